The van der Waals surface area contributed by atoms with Crippen LogP contribution in [0.1, 0.15) is 56.7 Å². The van der Waals surface area contributed by atoms with Crippen molar-refractivity contribution >= 4 is 23.4 Å². The first-order chi connectivity index (χ1) is 17.1. The van der Waals surface area contributed by atoms with Gasteiger partial charge in [-0.25, -0.2) is 4.68 Å². The second kappa shape index (κ2) is 7.77. The Bertz CT molecular complexity index is 1320. The average molecular weight is 463 g/mol. The molecule has 5 heteroatoms. The summed E-state index contributed by atoms with van der Waals surface area (Å²) >= 11 is 0. The number of carbonyl (C=O) groups is 1. The van der Waals surface area contributed by atoms with Crippen molar-refractivity contribution in [1.29, 1.82) is 0 Å². The fourth-order valence-electron chi connectivity index (χ4n) is 7.60. The van der Waals surface area contributed by atoms with Gasteiger partial charge in [-0.15, -0.1) is 0 Å². The summed E-state index contributed by atoms with van der Waals surface area (Å²) in [5.41, 5.74) is 5.65. The molecule has 35 heavy (non-hydrogen) atoms. The summed E-state index contributed by atoms with van der Waals surface area (Å²) in [5.74, 6) is 2.41. The lowest BCUT2D eigenvalue weighted by atomic mass is 9.48. The van der Waals surface area contributed by atoms with Crippen molar-refractivity contribution < 1.29 is 4.79 Å². The topological polar surface area (TPSA) is 50.5 Å². The van der Waals surface area contributed by atoms with Crippen molar-refractivity contribution in [2.45, 2.75) is 50.9 Å². The van der Waals surface area contributed by atoms with Gasteiger partial charge < -0.3 is 0 Å². The third kappa shape index (κ3) is 3.40. The van der Waals surface area contributed by atoms with Gasteiger partial charge in [-0.05, 0) is 93.5 Å². The van der Waals surface area contributed by atoms with Crippen LogP contribution in [0.5, 0.6) is 0 Å². The van der Waals surface area contributed by atoms with E-state index >= 15 is 0 Å². The molecule has 4 saturated carbocycles. The minimum Gasteiger partial charge on any atom is -0.267 e. The molecule has 8 rings (SSSR count). The number of hydrogen-bond acceptors (Lipinski definition) is 3. The van der Waals surface area contributed by atoms with Crippen LogP contribution >= 0.6 is 0 Å². The molecule has 0 unspecified atom stereocenters. The Morgan fingerprint density at radius 2 is 1.43 bits per heavy atom. The first-order valence-electron chi connectivity index (χ1n) is 12.9. The highest BCUT2D eigenvalue weighted by Crippen LogP contribution is 2.61. The first-order valence-corrected chi connectivity index (χ1v) is 12.9. The lowest BCUT2D eigenvalue weighted by Gasteiger charge is -2.56. The SMILES string of the molecule is CC1=NN(c2ccccc2)C(=O)C1=Cc1cn(-c2ccccc2)nc1C12CC3CC(CC(C3)C1)C2. The number of hydrogen-bond donors (Lipinski definition) is 0. The molecule has 0 spiro atoms. The number of amides is 1. The average Bonchev–Trinajstić information content (AvgIpc) is 3.42. The number of benzene rings is 2. The van der Waals surface area contributed by atoms with Crippen LogP contribution in [-0.2, 0) is 10.2 Å². The van der Waals surface area contributed by atoms with Crippen molar-refractivity contribution in [3.8, 4) is 5.69 Å². The van der Waals surface area contributed by atoms with Crippen LogP contribution in [0.15, 0.2) is 77.5 Å². The molecular weight excluding hydrogens is 432 g/mol. The molecule has 4 fully saturated rings. The number of hydrazone groups is 1. The molecule has 1 amide bonds. The quantitative estimate of drug-likeness (QED) is 0.437. The molecule has 5 aliphatic rings. The van der Waals surface area contributed by atoms with Crippen LogP contribution in [0.4, 0.5) is 5.69 Å². The molecule has 4 bridgehead atoms. The Morgan fingerprint density at radius 1 is 0.857 bits per heavy atom. The highest BCUT2D eigenvalue weighted by Gasteiger charge is 2.53. The number of rotatable bonds is 4. The van der Waals surface area contributed by atoms with Crippen LogP contribution in [0.3, 0.4) is 0 Å². The van der Waals surface area contributed by atoms with E-state index in [1.165, 1.54) is 49.2 Å². The van der Waals surface area contributed by atoms with E-state index in [0.29, 0.717) is 5.57 Å². The summed E-state index contributed by atoms with van der Waals surface area (Å²) in [5, 5.41) is 11.4. The number of nitrogens with zero attached hydrogens (tertiary/aromatic N) is 4. The molecule has 0 N–H and O–H groups in total. The molecule has 4 aliphatic carbocycles. The maximum atomic E-state index is 13.5. The highest BCUT2D eigenvalue weighted by atomic mass is 16.2. The molecular formula is C30H30N4O. The van der Waals surface area contributed by atoms with Gasteiger partial charge in [0.2, 0.25) is 0 Å². The van der Waals surface area contributed by atoms with E-state index in [2.05, 4.69) is 41.6 Å². The smallest absolute Gasteiger partial charge is 0.267 e. The lowest BCUT2D eigenvalue weighted by molar-refractivity contribution is -0.114. The summed E-state index contributed by atoms with van der Waals surface area (Å²) in [4.78, 5) is 13.5. The molecule has 2 heterocycles. The summed E-state index contributed by atoms with van der Waals surface area (Å²) in [6.07, 6.45) is 12.1. The second-order valence-electron chi connectivity index (χ2n) is 11.1. The van der Waals surface area contributed by atoms with Crippen molar-refractivity contribution in [3.63, 3.8) is 0 Å². The van der Waals surface area contributed by atoms with Gasteiger partial charge >= 0.3 is 0 Å². The largest absolute Gasteiger partial charge is 0.280 e. The number of anilines is 1. The van der Waals surface area contributed by atoms with Crippen molar-refractivity contribution in [2.75, 3.05) is 5.01 Å². The van der Waals surface area contributed by atoms with Gasteiger partial charge in [0.25, 0.3) is 5.91 Å². The Morgan fingerprint density at radius 3 is 2.03 bits per heavy atom. The maximum Gasteiger partial charge on any atom is 0.280 e. The van der Waals surface area contributed by atoms with Gasteiger partial charge in [0.05, 0.1) is 28.4 Å². The van der Waals surface area contributed by atoms with Crippen molar-refractivity contribution in [2.24, 2.45) is 22.9 Å². The van der Waals surface area contributed by atoms with Crippen LogP contribution in [0, 0.1) is 17.8 Å². The van der Waals surface area contributed by atoms with Gasteiger partial charge in [0, 0.05) is 17.2 Å². The van der Waals surface area contributed by atoms with E-state index in [-0.39, 0.29) is 11.3 Å². The molecule has 0 saturated heterocycles. The summed E-state index contributed by atoms with van der Waals surface area (Å²) in [6, 6.07) is 20.0. The highest BCUT2D eigenvalue weighted by molar-refractivity contribution is 6.32. The zero-order valence-electron chi connectivity index (χ0n) is 20.1. The second-order valence-corrected chi connectivity index (χ2v) is 11.1. The minimum absolute atomic E-state index is 0.0716. The van der Waals surface area contributed by atoms with Gasteiger partial charge in [0.15, 0.2) is 0 Å². The molecule has 1 aliphatic heterocycles. The van der Waals surface area contributed by atoms with E-state index in [1.807, 2.05) is 48.0 Å². The van der Waals surface area contributed by atoms with Crippen LogP contribution in [-0.4, -0.2) is 21.4 Å². The fraction of sp³-hybridized carbons (Fsp3) is 0.367. The van der Waals surface area contributed by atoms with E-state index in [0.717, 1.165) is 40.4 Å². The summed E-state index contributed by atoms with van der Waals surface area (Å²) in [7, 11) is 0. The zero-order valence-corrected chi connectivity index (χ0v) is 20.1. The molecule has 0 radical (unpaired) electrons. The third-order valence-corrected chi connectivity index (χ3v) is 8.67. The van der Waals surface area contributed by atoms with Crippen molar-refractivity contribution in [1.82, 2.24) is 9.78 Å². The Hall–Kier alpha value is -3.47. The molecule has 2 aromatic carbocycles. The van der Waals surface area contributed by atoms with Crippen molar-refractivity contribution in [3.05, 3.63) is 83.7 Å². The molecule has 3 aromatic rings. The lowest BCUT2D eigenvalue weighted by Crippen LogP contribution is -2.49. The standard InChI is InChI=1S/C30H30N4O/c1-20-27(29(35)34(31-20)26-10-6-3-7-11-26)15-24-19-33(25-8-4-2-5-9-25)32-28(24)30-16-21-12-22(17-30)14-23(13-21)18-30/h2-11,15,19,21-23H,12-14,16-18H2,1H3. The van der Waals surface area contributed by atoms with Gasteiger partial charge in [-0.3, -0.25) is 4.79 Å². The normalized spacial score (nSPS) is 30.4. The molecule has 176 valence electrons. The minimum atomic E-state index is -0.0716. The summed E-state index contributed by atoms with van der Waals surface area (Å²) < 4.78 is 2.02. The first kappa shape index (κ1) is 20.9. The van der Waals surface area contributed by atoms with E-state index in [9.17, 15) is 4.79 Å². The van der Waals surface area contributed by atoms with Crippen LogP contribution in [0.2, 0.25) is 0 Å². The predicted molar refractivity (Wildman–Crippen MR) is 138 cm³/mol. The fourth-order valence-corrected chi connectivity index (χ4v) is 7.60. The zero-order chi connectivity index (χ0) is 23.6. The molecule has 0 atom stereocenters. The van der Waals surface area contributed by atoms with Crippen LogP contribution < -0.4 is 5.01 Å². The Balaban J connectivity index is 1.33. The van der Waals surface area contributed by atoms with E-state index < -0.39 is 0 Å². The Kier molecular flexibility index (Phi) is 4.63. The van der Waals surface area contributed by atoms with Gasteiger partial charge in [-0.2, -0.15) is 15.2 Å². The summed E-state index contributed by atoms with van der Waals surface area (Å²) in [6.45, 7) is 1.93. The predicted octanol–water partition coefficient (Wildman–Crippen LogP) is 6.15. The number of carbonyl (C=O) groups excluding carboxylic acids is 1. The number of para-hydroxylation sites is 2. The van der Waals surface area contributed by atoms with Crippen LogP contribution in [0.25, 0.3) is 11.8 Å². The van der Waals surface area contributed by atoms with Gasteiger partial charge in [0.1, 0.15) is 0 Å². The maximum absolute atomic E-state index is 13.5. The number of aromatic nitrogens is 2. The monoisotopic (exact) mass is 462 g/mol. The Labute approximate surface area is 206 Å². The van der Waals surface area contributed by atoms with E-state index in [1.54, 1.807) is 0 Å². The third-order valence-electron chi connectivity index (χ3n) is 8.67. The molecule has 5 nitrogen and oxygen atoms in total. The molecule has 1 aromatic heterocycles. The van der Waals surface area contributed by atoms with E-state index in [4.69, 9.17) is 5.10 Å². The van der Waals surface area contributed by atoms with Gasteiger partial charge in [-0.1, -0.05) is 36.4 Å².